The van der Waals surface area contributed by atoms with Gasteiger partial charge >= 0.3 is 0 Å². The zero-order valence-corrected chi connectivity index (χ0v) is 14.0. The third-order valence-corrected chi connectivity index (χ3v) is 5.83. The van der Waals surface area contributed by atoms with Crippen molar-refractivity contribution in [3.8, 4) is 0 Å². The molecule has 0 unspecified atom stereocenters. The van der Waals surface area contributed by atoms with Gasteiger partial charge in [-0.3, -0.25) is 4.79 Å². The Balaban J connectivity index is 2.20. The van der Waals surface area contributed by atoms with Gasteiger partial charge in [0.1, 0.15) is 0 Å². The highest BCUT2D eigenvalue weighted by Gasteiger charge is 2.26. The summed E-state index contributed by atoms with van der Waals surface area (Å²) in [5.74, 6) is 0.0164. The number of amides is 1. The number of nitrogens with zero attached hydrogens (tertiary/aromatic N) is 1. The van der Waals surface area contributed by atoms with E-state index < -0.39 is 9.84 Å². The normalized spacial score (nSPS) is 18.7. The lowest BCUT2D eigenvalue weighted by atomic mass is 10.2. The number of sulfone groups is 1. The SMILES string of the molecule is O=C(c1cc(Br)ccc1I)N1CCS(=O)(=O)CC1. The highest BCUT2D eigenvalue weighted by atomic mass is 127. The molecular formula is C11H11BrINO3S. The summed E-state index contributed by atoms with van der Waals surface area (Å²) in [6.07, 6.45) is 0. The summed E-state index contributed by atoms with van der Waals surface area (Å²) in [7, 11) is -2.95. The van der Waals surface area contributed by atoms with E-state index in [1.807, 2.05) is 12.1 Å². The van der Waals surface area contributed by atoms with Gasteiger partial charge in [0.05, 0.1) is 17.1 Å². The summed E-state index contributed by atoms with van der Waals surface area (Å²) in [5, 5.41) is 0. The fourth-order valence-corrected chi connectivity index (χ4v) is 3.88. The van der Waals surface area contributed by atoms with Crippen LogP contribution >= 0.6 is 38.5 Å². The Morgan fingerprint density at radius 2 is 1.89 bits per heavy atom. The van der Waals surface area contributed by atoms with Gasteiger partial charge in [0.15, 0.2) is 9.84 Å². The molecule has 7 heteroatoms. The van der Waals surface area contributed by atoms with Crippen molar-refractivity contribution in [1.29, 1.82) is 0 Å². The van der Waals surface area contributed by atoms with E-state index in [0.29, 0.717) is 5.56 Å². The molecule has 0 aromatic heterocycles. The second kappa shape index (κ2) is 5.46. The highest BCUT2D eigenvalue weighted by Crippen LogP contribution is 2.20. The molecular weight excluding hydrogens is 433 g/mol. The molecule has 0 spiro atoms. The van der Waals surface area contributed by atoms with Gasteiger partial charge in [-0.05, 0) is 40.8 Å². The number of halogens is 2. The van der Waals surface area contributed by atoms with Gasteiger partial charge in [-0.2, -0.15) is 0 Å². The molecule has 0 saturated carbocycles. The summed E-state index contributed by atoms with van der Waals surface area (Å²) in [4.78, 5) is 13.9. The van der Waals surface area contributed by atoms with Gasteiger partial charge in [0.25, 0.3) is 5.91 Å². The van der Waals surface area contributed by atoms with E-state index >= 15 is 0 Å². The molecule has 18 heavy (non-hydrogen) atoms. The van der Waals surface area contributed by atoms with Crippen molar-refractivity contribution in [3.05, 3.63) is 31.8 Å². The number of rotatable bonds is 1. The monoisotopic (exact) mass is 443 g/mol. The van der Waals surface area contributed by atoms with Crippen molar-refractivity contribution in [1.82, 2.24) is 4.90 Å². The molecule has 4 nitrogen and oxygen atoms in total. The van der Waals surface area contributed by atoms with Crippen LogP contribution in [0.4, 0.5) is 0 Å². The van der Waals surface area contributed by atoms with E-state index in [2.05, 4.69) is 38.5 Å². The molecule has 0 atom stereocenters. The van der Waals surface area contributed by atoms with Gasteiger partial charge < -0.3 is 4.90 Å². The first-order valence-corrected chi connectivity index (χ1v) is 9.03. The van der Waals surface area contributed by atoms with Crippen LogP contribution in [0.5, 0.6) is 0 Å². The highest BCUT2D eigenvalue weighted by molar-refractivity contribution is 14.1. The van der Waals surface area contributed by atoms with E-state index in [9.17, 15) is 13.2 Å². The maximum atomic E-state index is 12.3. The van der Waals surface area contributed by atoms with Crippen molar-refractivity contribution < 1.29 is 13.2 Å². The predicted octanol–water partition coefficient (Wildman–Crippen LogP) is 1.92. The first-order chi connectivity index (χ1) is 8.39. The molecule has 0 bridgehead atoms. The Morgan fingerprint density at radius 3 is 2.50 bits per heavy atom. The molecule has 1 heterocycles. The number of carbonyl (C=O) groups excluding carboxylic acids is 1. The lowest BCUT2D eigenvalue weighted by Gasteiger charge is -2.27. The molecule has 1 fully saturated rings. The average molecular weight is 444 g/mol. The Morgan fingerprint density at radius 1 is 1.28 bits per heavy atom. The Bertz CT molecular complexity index is 574. The van der Waals surface area contributed by atoms with E-state index in [4.69, 9.17) is 0 Å². The minimum absolute atomic E-state index is 0.0589. The van der Waals surface area contributed by atoms with Crippen LogP contribution in [0.2, 0.25) is 0 Å². The maximum Gasteiger partial charge on any atom is 0.255 e. The van der Waals surface area contributed by atoms with Crippen molar-refractivity contribution in [2.75, 3.05) is 24.6 Å². The van der Waals surface area contributed by atoms with Crippen molar-refractivity contribution >= 4 is 54.3 Å². The quantitative estimate of drug-likeness (QED) is 0.623. The topological polar surface area (TPSA) is 54.5 Å². The fourth-order valence-electron chi connectivity index (χ4n) is 1.75. The summed E-state index contributed by atoms with van der Waals surface area (Å²) in [6, 6.07) is 5.50. The molecule has 1 aliphatic rings. The summed E-state index contributed by atoms with van der Waals surface area (Å²) >= 11 is 5.45. The molecule has 1 amide bonds. The zero-order chi connectivity index (χ0) is 13.3. The molecule has 98 valence electrons. The third-order valence-electron chi connectivity index (χ3n) is 2.79. The second-order valence-electron chi connectivity index (χ2n) is 4.07. The van der Waals surface area contributed by atoms with E-state index in [1.165, 1.54) is 0 Å². The van der Waals surface area contributed by atoms with Gasteiger partial charge in [-0.25, -0.2) is 8.42 Å². The maximum absolute atomic E-state index is 12.3. The average Bonchev–Trinajstić information content (AvgIpc) is 2.31. The van der Waals surface area contributed by atoms with E-state index in [-0.39, 0.29) is 30.5 Å². The van der Waals surface area contributed by atoms with Crippen molar-refractivity contribution in [2.24, 2.45) is 0 Å². The molecule has 1 saturated heterocycles. The Hall–Kier alpha value is -0.150. The Labute approximate surface area is 128 Å². The molecule has 2 rings (SSSR count). The fraction of sp³-hybridized carbons (Fsp3) is 0.364. The van der Waals surface area contributed by atoms with E-state index in [1.54, 1.807) is 11.0 Å². The van der Waals surface area contributed by atoms with Crippen LogP contribution in [0, 0.1) is 3.57 Å². The van der Waals surface area contributed by atoms with Crippen LogP contribution in [0.1, 0.15) is 10.4 Å². The number of hydrogen-bond donors (Lipinski definition) is 0. The summed E-state index contributed by atoms with van der Waals surface area (Å²) in [6.45, 7) is 0.563. The van der Waals surface area contributed by atoms with Crippen LogP contribution in [-0.4, -0.2) is 43.8 Å². The standard InChI is InChI=1S/C11H11BrINO3S/c12-8-1-2-10(13)9(7-8)11(15)14-3-5-18(16,17)6-4-14/h1-2,7H,3-6H2. The molecule has 0 radical (unpaired) electrons. The predicted molar refractivity (Wildman–Crippen MR) is 81.4 cm³/mol. The first kappa shape index (κ1) is 14.3. The summed E-state index contributed by atoms with van der Waals surface area (Å²) < 4.78 is 24.4. The zero-order valence-electron chi connectivity index (χ0n) is 9.40. The van der Waals surface area contributed by atoms with Crippen LogP contribution in [0.3, 0.4) is 0 Å². The minimum atomic E-state index is -2.95. The second-order valence-corrected chi connectivity index (χ2v) is 8.45. The smallest absolute Gasteiger partial charge is 0.255 e. The molecule has 1 aromatic carbocycles. The largest absolute Gasteiger partial charge is 0.337 e. The van der Waals surface area contributed by atoms with Gasteiger partial charge in [0, 0.05) is 21.1 Å². The number of benzene rings is 1. The number of hydrogen-bond acceptors (Lipinski definition) is 3. The Kier molecular flexibility index (Phi) is 4.32. The van der Waals surface area contributed by atoms with Crippen LogP contribution < -0.4 is 0 Å². The van der Waals surface area contributed by atoms with Gasteiger partial charge in [0.2, 0.25) is 0 Å². The van der Waals surface area contributed by atoms with Crippen molar-refractivity contribution in [3.63, 3.8) is 0 Å². The molecule has 0 N–H and O–H groups in total. The summed E-state index contributed by atoms with van der Waals surface area (Å²) in [5.41, 5.74) is 0.615. The lowest BCUT2D eigenvalue weighted by Crippen LogP contribution is -2.43. The molecule has 1 aliphatic heterocycles. The first-order valence-electron chi connectivity index (χ1n) is 5.34. The van der Waals surface area contributed by atoms with Crippen LogP contribution in [0.25, 0.3) is 0 Å². The van der Waals surface area contributed by atoms with Crippen LogP contribution in [-0.2, 0) is 9.84 Å². The number of carbonyl (C=O) groups is 1. The molecule has 0 aliphatic carbocycles. The van der Waals surface area contributed by atoms with Crippen molar-refractivity contribution in [2.45, 2.75) is 0 Å². The third kappa shape index (κ3) is 3.24. The van der Waals surface area contributed by atoms with Crippen LogP contribution in [0.15, 0.2) is 22.7 Å². The van der Waals surface area contributed by atoms with E-state index in [0.717, 1.165) is 8.04 Å². The molecule has 1 aromatic rings. The van der Waals surface area contributed by atoms with Gasteiger partial charge in [-0.1, -0.05) is 15.9 Å². The van der Waals surface area contributed by atoms with Gasteiger partial charge in [-0.15, -0.1) is 0 Å². The minimum Gasteiger partial charge on any atom is -0.337 e. The lowest BCUT2D eigenvalue weighted by molar-refractivity contribution is 0.0769.